The molecule has 0 bridgehead atoms. The molecule has 0 spiro atoms. The summed E-state index contributed by atoms with van der Waals surface area (Å²) in [5.74, 6) is -0.511. The van der Waals surface area contributed by atoms with Gasteiger partial charge in [0.2, 0.25) is 0 Å². The minimum absolute atomic E-state index is 0.0744. The van der Waals surface area contributed by atoms with E-state index in [2.05, 4.69) is 4.98 Å². The van der Waals surface area contributed by atoms with Crippen LogP contribution in [0.1, 0.15) is 36.8 Å². The lowest BCUT2D eigenvalue weighted by molar-refractivity contribution is -0.137. The van der Waals surface area contributed by atoms with Crippen LogP contribution in [0, 0.1) is 0 Å². The first-order valence-electron chi connectivity index (χ1n) is 6.09. The highest BCUT2D eigenvalue weighted by molar-refractivity contribution is 5.92. The zero-order valence-electron chi connectivity index (χ0n) is 11.5. The van der Waals surface area contributed by atoms with Crippen molar-refractivity contribution in [1.82, 2.24) is 9.88 Å². The third-order valence-corrected chi connectivity index (χ3v) is 2.56. The van der Waals surface area contributed by atoms with Gasteiger partial charge in [0.1, 0.15) is 5.69 Å². The van der Waals surface area contributed by atoms with Gasteiger partial charge in [-0.2, -0.15) is 13.2 Å². The van der Waals surface area contributed by atoms with Crippen LogP contribution in [0.5, 0.6) is 0 Å². The largest absolute Gasteiger partial charge is 0.417 e. The van der Waals surface area contributed by atoms with E-state index in [0.29, 0.717) is 12.7 Å². The van der Waals surface area contributed by atoms with Gasteiger partial charge in [0.15, 0.2) is 0 Å². The number of carbonyl (C=O) groups excluding carboxylic acids is 1. The van der Waals surface area contributed by atoms with Crippen molar-refractivity contribution in [3.63, 3.8) is 0 Å². The number of amides is 1. The fourth-order valence-corrected chi connectivity index (χ4v) is 1.64. The van der Waals surface area contributed by atoms with Crippen molar-refractivity contribution in [3.8, 4) is 0 Å². The van der Waals surface area contributed by atoms with Crippen LogP contribution in [-0.4, -0.2) is 39.6 Å². The van der Waals surface area contributed by atoms with Crippen LogP contribution in [0.4, 0.5) is 13.2 Å². The zero-order chi connectivity index (χ0) is 15.6. The molecule has 0 saturated heterocycles. The van der Waals surface area contributed by atoms with Gasteiger partial charge in [-0.3, -0.25) is 9.78 Å². The lowest BCUT2D eigenvalue weighted by Crippen LogP contribution is -2.42. The maximum Gasteiger partial charge on any atom is 0.417 e. The van der Waals surface area contributed by atoms with E-state index < -0.39 is 23.2 Å². The third kappa shape index (κ3) is 4.48. The van der Waals surface area contributed by atoms with Crippen LogP contribution < -0.4 is 0 Å². The van der Waals surface area contributed by atoms with Crippen LogP contribution >= 0.6 is 0 Å². The molecule has 4 nitrogen and oxygen atoms in total. The molecular formula is C13H17F3N2O2. The monoisotopic (exact) mass is 290 g/mol. The highest BCUT2D eigenvalue weighted by Crippen LogP contribution is 2.28. The highest BCUT2D eigenvalue weighted by Gasteiger charge is 2.31. The first-order chi connectivity index (χ1) is 9.04. The molecule has 0 aliphatic rings. The van der Waals surface area contributed by atoms with Gasteiger partial charge in [0.05, 0.1) is 11.2 Å². The van der Waals surface area contributed by atoms with E-state index in [4.69, 9.17) is 0 Å². The van der Waals surface area contributed by atoms with Crippen LogP contribution in [0.3, 0.4) is 0 Å². The SMILES string of the molecule is CCN(CC(C)(C)O)C(=O)c1ccc(C(F)(F)F)cn1. The van der Waals surface area contributed by atoms with Gasteiger partial charge in [-0.25, -0.2) is 0 Å². The normalized spacial score (nSPS) is 12.3. The summed E-state index contributed by atoms with van der Waals surface area (Å²) in [5, 5.41) is 9.70. The van der Waals surface area contributed by atoms with Crippen LogP contribution in [-0.2, 0) is 6.18 Å². The predicted molar refractivity (Wildman–Crippen MR) is 67.1 cm³/mol. The average molecular weight is 290 g/mol. The van der Waals surface area contributed by atoms with Crippen molar-refractivity contribution in [2.45, 2.75) is 32.5 Å². The fourth-order valence-electron chi connectivity index (χ4n) is 1.64. The molecule has 0 saturated carbocycles. The van der Waals surface area contributed by atoms with Crippen LogP contribution in [0.25, 0.3) is 0 Å². The maximum absolute atomic E-state index is 12.4. The summed E-state index contributed by atoms with van der Waals surface area (Å²) in [6.07, 6.45) is -3.85. The second-order valence-electron chi connectivity index (χ2n) is 5.06. The van der Waals surface area contributed by atoms with Gasteiger partial charge in [0.25, 0.3) is 5.91 Å². The number of hydrogen-bond donors (Lipinski definition) is 1. The summed E-state index contributed by atoms with van der Waals surface area (Å²) >= 11 is 0. The molecule has 1 aromatic heterocycles. The Bertz CT molecular complexity index is 464. The van der Waals surface area contributed by atoms with E-state index >= 15 is 0 Å². The molecule has 1 rings (SSSR count). The molecule has 1 N–H and O–H groups in total. The molecule has 112 valence electrons. The van der Waals surface area contributed by atoms with Gasteiger partial charge >= 0.3 is 6.18 Å². The second-order valence-corrected chi connectivity index (χ2v) is 5.06. The fraction of sp³-hybridized carbons (Fsp3) is 0.538. The summed E-state index contributed by atoms with van der Waals surface area (Å²) in [6.45, 7) is 5.20. The standard InChI is InChI=1S/C13H17F3N2O2/c1-4-18(8-12(2,3)20)11(19)10-6-5-9(7-17-10)13(14,15)16/h5-7,20H,4,8H2,1-3H3. The second kappa shape index (κ2) is 5.78. The number of nitrogens with zero attached hydrogens (tertiary/aromatic N) is 2. The summed E-state index contributed by atoms with van der Waals surface area (Å²) in [7, 11) is 0. The number of hydrogen-bond acceptors (Lipinski definition) is 3. The molecule has 0 atom stereocenters. The topological polar surface area (TPSA) is 53.4 Å². The molecule has 0 aliphatic heterocycles. The van der Waals surface area contributed by atoms with Crippen molar-refractivity contribution in [2.24, 2.45) is 0 Å². The lowest BCUT2D eigenvalue weighted by Gasteiger charge is -2.27. The molecule has 0 unspecified atom stereocenters. The molecule has 0 aliphatic carbocycles. The molecule has 1 heterocycles. The molecule has 7 heteroatoms. The van der Waals surface area contributed by atoms with Gasteiger partial charge in [0, 0.05) is 19.3 Å². The molecule has 0 aromatic carbocycles. The Hall–Kier alpha value is -1.63. The van der Waals surface area contributed by atoms with E-state index in [1.54, 1.807) is 20.8 Å². The smallest absolute Gasteiger partial charge is 0.389 e. The quantitative estimate of drug-likeness (QED) is 0.926. The first kappa shape index (κ1) is 16.4. The Morgan fingerprint density at radius 3 is 2.30 bits per heavy atom. The number of likely N-dealkylation sites (N-methyl/N-ethyl adjacent to an activating group) is 1. The lowest BCUT2D eigenvalue weighted by atomic mass is 10.1. The van der Waals surface area contributed by atoms with Crippen molar-refractivity contribution < 1.29 is 23.1 Å². The molecule has 0 fully saturated rings. The zero-order valence-corrected chi connectivity index (χ0v) is 11.5. The Morgan fingerprint density at radius 1 is 1.35 bits per heavy atom. The van der Waals surface area contributed by atoms with E-state index in [-0.39, 0.29) is 12.2 Å². The number of carbonyl (C=O) groups is 1. The first-order valence-corrected chi connectivity index (χ1v) is 6.09. The van der Waals surface area contributed by atoms with E-state index in [1.807, 2.05) is 0 Å². The Balaban J connectivity index is 2.91. The number of aliphatic hydroxyl groups is 1. The van der Waals surface area contributed by atoms with Gasteiger partial charge < -0.3 is 10.0 Å². The summed E-state index contributed by atoms with van der Waals surface area (Å²) < 4.78 is 37.2. The predicted octanol–water partition coefficient (Wildman–Crippen LogP) is 2.33. The van der Waals surface area contributed by atoms with E-state index in [9.17, 15) is 23.1 Å². The minimum Gasteiger partial charge on any atom is -0.389 e. The number of alkyl halides is 3. The highest BCUT2D eigenvalue weighted by atomic mass is 19.4. The van der Waals surface area contributed by atoms with E-state index in [0.717, 1.165) is 12.1 Å². The summed E-state index contributed by atoms with van der Waals surface area (Å²) in [4.78, 5) is 17.0. The summed E-state index contributed by atoms with van der Waals surface area (Å²) in [5.41, 5.74) is -2.07. The van der Waals surface area contributed by atoms with Gasteiger partial charge in [-0.1, -0.05) is 0 Å². The Morgan fingerprint density at radius 2 is 1.95 bits per heavy atom. The molecule has 1 amide bonds. The summed E-state index contributed by atoms with van der Waals surface area (Å²) in [6, 6.07) is 1.86. The Labute approximate surface area is 115 Å². The molecule has 0 radical (unpaired) electrons. The minimum atomic E-state index is -4.48. The number of aromatic nitrogens is 1. The van der Waals surface area contributed by atoms with Crippen LogP contribution in [0.15, 0.2) is 18.3 Å². The Kier molecular flexibility index (Phi) is 4.75. The maximum atomic E-state index is 12.4. The van der Waals surface area contributed by atoms with Crippen molar-refractivity contribution >= 4 is 5.91 Å². The number of pyridine rings is 1. The van der Waals surface area contributed by atoms with Crippen LogP contribution in [0.2, 0.25) is 0 Å². The molecule has 1 aromatic rings. The third-order valence-electron chi connectivity index (χ3n) is 2.56. The number of halogens is 3. The van der Waals surface area contributed by atoms with E-state index in [1.165, 1.54) is 4.90 Å². The molecular weight excluding hydrogens is 273 g/mol. The van der Waals surface area contributed by atoms with Gasteiger partial charge in [-0.15, -0.1) is 0 Å². The van der Waals surface area contributed by atoms with Crippen molar-refractivity contribution in [3.05, 3.63) is 29.6 Å². The van der Waals surface area contributed by atoms with Crippen molar-refractivity contribution in [1.29, 1.82) is 0 Å². The van der Waals surface area contributed by atoms with Crippen molar-refractivity contribution in [2.75, 3.05) is 13.1 Å². The number of rotatable bonds is 4. The van der Waals surface area contributed by atoms with Gasteiger partial charge in [-0.05, 0) is 32.9 Å². The molecule has 20 heavy (non-hydrogen) atoms. The average Bonchev–Trinajstić information content (AvgIpc) is 2.33.